The summed E-state index contributed by atoms with van der Waals surface area (Å²) < 4.78 is 1.69. The first-order valence-electron chi connectivity index (χ1n) is 7.54. The van der Waals surface area contributed by atoms with Crippen molar-refractivity contribution in [2.24, 2.45) is 0 Å². The minimum absolute atomic E-state index is 0.0244. The number of amides is 1. The smallest absolute Gasteiger partial charge is 0.245 e. The predicted molar refractivity (Wildman–Crippen MR) is 91.0 cm³/mol. The first kappa shape index (κ1) is 15.4. The molecule has 0 saturated heterocycles. The molecule has 1 N–H and O–H groups in total. The van der Waals surface area contributed by atoms with Crippen molar-refractivity contribution in [3.05, 3.63) is 59.2 Å². The second-order valence-corrected chi connectivity index (χ2v) is 6.06. The van der Waals surface area contributed by atoms with Gasteiger partial charge in [0.25, 0.3) is 0 Å². The van der Waals surface area contributed by atoms with Crippen LogP contribution in [-0.4, -0.2) is 20.7 Å². The molecule has 5 nitrogen and oxygen atoms in total. The molecule has 0 fully saturated rings. The van der Waals surface area contributed by atoms with Crippen LogP contribution < -0.4 is 5.32 Å². The number of hydrogen-bond donors (Lipinski definition) is 1. The van der Waals surface area contributed by atoms with E-state index in [9.17, 15) is 4.79 Å². The van der Waals surface area contributed by atoms with Crippen LogP contribution in [0.15, 0.2) is 54.3 Å². The summed E-state index contributed by atoms with van der Waals surface area (Å²) in [5.74, 6) is -0.0244. The van der Waals surface area contributed by atoms with Gasteiger partial charge in [0.2, 0.25) is 5.91 Å². The fourth-order valence-corrected chi connectivity index (χ4v) is 3.19. The maximum Gasteiger partial charge on any atom is 0.245 e. The van der Waals surface area contributed by atoms with E-state index in [1.54, 1.807) is 22.2 Å². The number of benzene rings is 1. The van der Waals surface area contributed by atoms with Crippen molar-refractivity contribution < 1.29 is 4.79 Å². The molecule has 0 aliphatic heterocycles. The lowest BCUT2D eigenvalue weighted by Gasteiger charge is -2.15. The van der Waals surface area contributed by atoms with Gasteiger partial charge in [-0.25, -0.2) is 4.98 Å². The van der Waals surface area contributed by atoms with Crippen LogP contribution in [0.25, 0.3) is 11.3 Å². The summed E-state index contributed by atoms with van der Waals surface area (Å²) in [4.78, 5) is 17.9. The predicted octanol–water partition coefficient (Wildman–Crippen LogP) is 3.27. The Hall–Kier alpha value is -2.47. The highest BCUT2D eigenvalue weighted by atomic mass is 32.1. The highest BCUT2D eigenvalue weighted by Gasteiger charge is 2.19. The Bertz CT molecular complexity index is 752. The Morgan fingerprint density at radius 2 is 2.13 bits per heavy atom. The summed E-state index contributed by atoms with van der Waals surface area (Å²) in [6.07, 6.45) is 4.20. The minimum atomic E-state index is -0.280. The molecule has 0 bridgehead atoms. The Labute approximate surface area is 139 Å². The van der Waals surface area contributed by atoms with Crippen LogP contribution >= 0.6 is 11.3 Å². The molecule has 0 aliphatic rings. The van der Waals surface area contributed by atoms with Gasteiger partial charge >= 0.3 is 0 Å². The number of hydrogen-bond acceptors (Lipinski definition) is 4. The van der Waals surface area contributed by atoms with E-state index < -0.39 is 0 Å². The summed E-state index contributed by atoms with van der Waals surface area (Å²) in [5.41, 5.74) is 3.81. The molecule has 1 aromatic carbocycles. The van der Waals surface area contributed by atoms with Gasteiger partial charge in [-0.15, -0.1) is 11.3 Å². The van der Waals surface area contributed by atoms with Crippen LogP contribution in [0, 0.1) is 0 Å². The summed E-state index contributed by atoms with van der Waals surface area (Å²) >= 11 is 1.55. The second-order valence-electron chi connectivity index (χ2n) is 5.12. The summed E-state index contributed by atoms with van der Waals surface area (Å²) in [6, 6.07) is 11.6. The molecule has 3 aromatic rings. The fourth-order valence-electron chi connectivity index (χ4n) is 2.47. The third-order valence-corrected chi connectivity index (χ3v) is 4.48. The van der Waals surface area contributed by atoms with Crippen LogP contribution in [0.5, 0.6) is 0 Å². The van der Waals surface area contributed by atoms with E-state index in [0.717, 1.165) is 16.1 Å². The Morgan fingerprint density at radius 1 is 1.30 bits per heavy atom. The molecule has 6 heteroatoms. The number of thiazole rings is 1. The van der Waals surface area contributed by atoms with Crippen molar-refractivity contribution >= 4 is 17.2 Å². The highest BCUT2D eigenvalue weighted by molar-refractivity contribution is 7.10. The molecular formula is C17H18N4OS. The van der Waals surface area contributed by atoms with Gasteiger partial charge in [0.1, 0.15) is 6.04 Å². The van der Waals surface area contributed by atoms with Crippen molar-refractivity contribution in [2.75, 3.05) is 0 Å². The molecule has 0 spiro atoms. The van der Waals surface area contributed by atoms with Gasteiger partial charge in [0, 0.05) is 18.0 Å². The first-order valence-corrected chi connectivity index (χ1v) is 8.42. The van der Waals surface area contributed by atoms with Crippen molar-refractivity contribution in [2.45, 2.75) is 25.9 Å². The molecule has 23 heavy (non-hydrogen) atoms. The molecule has 2 aromatic heterocycles. The molecule has 3 rings (SSSR count). The van der Waals surface area contributed by atoms with Crippen molar-refractivity contribution in [3.63, 3.8) is 0 Å². The second kappa shape index (κ2) is 7.19. The third-order valence-electron chi connectivity index (χ3n) is 3.64. The highest BCUT2D eigenvalue weighted by Crippen LogP contribution is 2.25. The molecule has 2 heterocycles. The number of nitrogens with zero attached hydrogens (tertiary/aromatic N) is 3. The number of carbonyl (C=O) groups is 1. The summed E-state index contributed by atoms with van der Waals surface area (Å²) in [6.45, 7) is 2.46. The largest absolute Gasteiger partial charge is 0.349 e. The topological polar surface area (TPSA) is 59.8 Å². The van der Waals surface area contributed by atoms with Gasteiger partial charge in [-0.1, -0.05) is 37.3 Å². The van der Waals surface area contributed by atoms with E-state index in [1.165, 1.54) is 0 Å². The maximum atomic E-state index is 12.4. The zero-order valence-electron chi connectivity index (χ0n) is 12.8. The number of carbonyl (C=O) groups excluding carboxylic acids is 1. The van der Waals surface area contributed by atoms with Crippen molar-refractivity contribution in [1.29, 1.82) is 0 Å². The van der Waals surface area contributed by atoms with E-state index in [4.69, 9.17) is 0 Å². The standard InChI is InChI=1S/C17H18N4OS/c1-2-14(21-10-6-9-20-21)17(22)18-11-15-16(19-12-23-15)13-7-4-3-5-8-13/h3-10,12,14H,2,11H2,1H3,(H,18,22)/t14-/m1/s1. The molecule has 1 amide bonds. The van der Waals surface area contributed by atoms with Crippen LogP contribution in [0.4, 0.5) is 0 Å². The summed E-state index contributed by atoms with van der Waals surface area (Å²) in [5, 5.41) is 7.17. The lowest BCUT2D eigenvalue weighted by Crippen LogP contribution is -2.32. The number of rotatable bonds is 6. The Kier molecular flexibility index (Phi) is 4.83. The molecular weight excluding hydrogens is 308 g/mol. The summed E-state index contributed by atoms with van der Waals surface area (Å²) in [7, 11) is 0. The van der Waals surface area contributed by atoms with Gasteiger partial charge in [0.15, 0.2) is 0 Å². The zero-order valence-corrected chi connectivity index (χ0v) is 13.7. The van der Waals surface area contributed by atoms with E-state index in [0.29, 0.717) is 13.0 Å². The average Bonchev–Trinajstić information content (AvgIpc) is 3.26. The van der Waals surface area contributed by atoms with Crippen LogP contribution in [0.2, 0.25) is 0 Å². The first-order chi connectivity index (χ1) is 11.3. The molecule has 0 aliphatic carbocycles. The van der Waals surface area contributed by atoms with Gasteiger partial charge < -0.3 is 5.32 Å². The van der Waals surface area contributed by atoms with Gasteiger partial charge in [0.05, 0.1) is 22.6 Å². The normalized spacial score (nSPS) is 12.0. The molecule has 0 saturated carbocycles. The monoisotopic (exact) mass is 326 g/mol. The number of aromatic nitrogens is 3. The molecule has 1 atom stereocenters. The van der Waals surface area contributed by atoms with E-state index in [1.807, 2.05) is 55.0 Å². The Morgan fingerprint density at radius 3 is 2.83 bits per heavy atom. The molecule has 118 valence electrons. The lowest BCUT2D eigenvalue weighted by atomic mass is 10.1. The fraction of sp³-hybridized carbons (Fsp3) is 0.235. The van der Waals surface area contributed by atoms with Crippen LogP contribution in [-0.2, 0) is 11.3 Å². The van der Waals surface area contributed by atoms with Crippen molar-refractivity contribution in [1.82, 2.24) is 20.1 Å². The molecule has 0 unspecified atom stereocenters. The minimum Gasteiger partial charge on any atom is -0.349 e. The third kappa shape index (κ3) is 3.48. The van der Waals surface area contributed by atoms with Crippen LogP contribution in [0.1, 0.15) is 24.3 Å². The van der Waals surface area contributed by atoms with Crippen LogP contribution in [0.3, 0.4) is 0 Å². The van der Waals surface area contributed by atoms with Gasteiger partial charge in [-0.05, 0) is 12.5 Å². The number of nitrogens with one attached hydrogen (secondary N) is 1. The van der Waals surface area contributed by atoms with E-state index in [2.05, 4.69) is 15.4 Å². The van der Waals surface area contributed by atoms with E-state index >= 15 is 0 Å². The van der Waals surface area contributed by atoms with E-state index in [-0.39, 0.29) is 11.9 Å². The van der Waals surface area contributed by atoms with Gasteiger partial charge in [-0.2, -0.15) is 5.10 Å². The van der Waals surface area contributed by atoms with Crippen molar-refractivity contribution in [3.8, 4) is 11.3 Å². The zero-order chi connectivity index (χ0) is 16.1. The SMILES string of the molecule is CC[C@H](C(=O)NCc1scnc1-c1ccccc1)n1cccn1. The van der Waals surface area contributed by atoms with Gasteiger partial charge in [-0.3, -0.25) is 9.48 Å². The quantitative estimate of drug-likeness (QED) is 0.756. The molecule has 0 radical (unpaired) electrons. The maximum absolute atomic E-state index is 12.4. The lowest BCUT2D eigenvalue weighted by molar-refractivity contribution is -0.124. The average molecular weight is 326 g/mol. The Balaban J connectivity index is 1.69.